The quantitative estimate of drug-likeness (QED) is 0.421. The van der Waals surface area contributed by atoms with Gasteiger partial charge in [-0.15, -0.1) is 0 Å². The summed E-state index contributed by atoms with van der Waals surface area (Å²) in [6.07, 6.45) is 5.41. The number of unbranched alkanes of at least 4 members (excludes halogenated alkanes) is 3. The average molecular weight is 379 g/mol. The van der Waals surface area contributed by atoms with Gasteiger partial charge in [-0.1, -0.05) is 37.9 Å². The van der Waals surface area contributed by atoms with E-state index in [4.69, 9.17) is 4.74 Å². The minimum atomic E-state index is -0.896. The highest BCUT2D eigenvalue weighted by Gasteiger charge is 2.18. The van der Waals surface area contributed by atoms with E-state index < -0.39 is 22.9 Å². The van der Waals surface area contributed by atoms with Gasteiger partial charge in [-0.25, -0.2) is 13.8 Å². The molecule has 0 bridgehead atoms. The van der Waals surface area contributed by atoms with Gasteiger partial charge in [-0.05, 0) is 24.8 Å². The van der Waals surface area contributed by atoms with Crippen molar-refractivity contribution in [2.45, 2.75) is 37.8 Å². The summed E-state index contributed by atoms with van der Waals surface area (Å²) in [5, 5.41) is 9.43. The summed E-state index contributed by atoms with van der Waals surface area (Å²) in [5.74, 6) is -2.25. The third-order valence-electron chi connectivity index (χ3n) is 3.72. The SMILES string of the molecule is CCCCCCOc1c(F)cc(-c2nc(SC)[nH]c(=O)c2C#N)cc1F. The summed E-state index contributed by atoms with van der Waals surface area (Å²) in [4.78, 5) is 18.5. The molecule has 1 N–H and O–H groups in total. The number of ether oxygens (including phenoxy) is 1. The van der Waals surface area contributed by atoms with E-state index in [0.29, 0.717) is 6.42 Å². The predicted octanol–water partition coefficient (Wildman–Crippen LogP) is 4.27. The lowest BCUT2D eigenvalue weighted by Gasteiger charge is -2.11. The normalized spacial score (nSPS) is 10.6. The van der Waals surface area contributed by atoms with Crippen LogP contribution in [-0.4, -0.2) is 22.8 Å². The van der Waals surface area contributed by atoms with Crippen molar-refractivity contribution in [2.24, 2.45) is 0 Å². The van der Waals surface area contributed by atoms with Crippen molar-refractivity contribution < 1.29 is 13.5 Å². The number of thioether (sulfide) groups is 1. The molecule has 0 saturated carbocycles. The molecule has 0 amide bonds. The Morgan fingerprint density at radius 3 is 2.54 bits per heavy atom. The fraction of sp³-hybridized carbons (Fsp3) is 0.389. The van der Waals surface area contributed by atoms with E-state index in [2.05, 4.69) is 16.9 Å². The van der Waals surface area contributed by atoms with Gasteiger partial charge in [0, 0.05) is 5.56 Å². The Hall–Kier alpha value is -2.40. The van der Waals surface area contributed by atoms with Crippen LogP contribution in [0.5, 0.6) is 5.75 Å². The number of nitrogens with zero attached hydrogens (tertiary/aromatic N) is 2. The van der Waals surface area contributed by atoms with Gasteiger partial charge in [0.2, 0.25) is 0 Å². The van der Waals surface area contributed by atoms with Crippen LogP contribution >= 0.6 is 11.8 Å². The van der Waals surface area contributed by atoms with Crippen molar-refractivity contribution >= 4 is 11.8 Å². The highest BCUT2D eigenvalue weighted by molar-refractivity contribution is 7.98. The number of halogens is 2. The number of hydrogen-bond acceptors (Lipinski definition) is 5. The second-order valence-electron chi connectivity index (χ2n) is 5.59. The maximum Gasteiger partial charge on any atom is 0.270 e. The standard InChI is InChI=1S/C18H19F2N3O2S/c1-3-4-5-6-7-25-16-13(19)8-11(9-14(16)20)15-12(10-21)17(24)23-18(22-15)26-2/h8-9H,3-7H2,1-2H3,(H,22,23,24). The first kappa shape index (κ1) is 19.9. The molecule has 2 rings (SSSR count). The highest BCUT2D eigenvalue weighted by atomic mass is 32.2. The number of nitrogens with one attached hydrogen (secondary N) is 1. The first-order valence-corrected chi connectivity index (χ1v) is 9.44. The van der Waals surface area contributed by atoms with Crippen molar-refractivity contribution in [3.63, 3.8) is 0 Å². The van der Waals surface area contributed by atoms with E-state index in [0.717, 1.165) is 43.2 Å². The summed E-state index contributed by atoms with van der Waals surface area (Å²) < 4.78 is 33.9. The third-order valence-corrected chi connectivity index (χ3v) is 4.30. The summed E-state index contributed by atoms with van der Waals surface area (Å²) in [5.41, 5.74) is -1.00. The molecule has 1 heterocycles. The van der Waals surface area contributed by atoms with Crippen LogP contribution < -0.4 is 10.3 Å². The Balaban J connectivity index is 2.34. The van der Waals surface area contributed by atoms with Crippen molar-refractivity contribution in [3.8, 4) is 23.1 Å². The van der Waals surface area contributed by atoms with Gasteiger partial charge in [0.15, 0.2) is 22.5 Å². The molecule has 0 spiro atoms. The number of aromatic amines is 1. The number of hydrogen-bond donors (Lipinski definition) is 1. The maximum absolute atomic E-state index is 14.3. The summed E-state index contributed by atoms with van der Waals surface area (Å²) >= 11 is 1.15. The average Bonchev–Trinajstić information content (AvgIpc) is 2.62. The molecule has 0 aliphatic carbocycles. The van der Waals surface area contributed by atoms with Crippen LogP contribution in [-0.2, 0) is 0 Å². The van der Waals surface area contributed by atoms with E-state index in [-0.39, 0.29) is 28.6 Å². The molecule has 0 unspecified atom stereocenters. The Morgan fingerprint density at radius 1 is 1.27 bits per heavy atom. The molecule has 2 aromatic rings. The predicted molar refractivity (Wildman–Crippen MR) is 96.3 cm³/mol. The lowest BCUT2D eigenvalue weighted by molar-refractivity contribution is 0.275. The van der Waals surface area contributed by atoms with Gasteiger partial charge in [0.05, 0.1) is 12.3 Å². The van der Waals surface area contributed by atoms with Crippen LogP contribution in [0.15, 0.2) is 22.1 Å². The lowest BCUT2D eigenvalue weighted by atomic mass is 10.1. The van der Waals surface area contributed by atoms with E-state index >= 15 is 0 Å². The largest absolute Gasteiger partial charge is 0.488 e. The Bertz CT molecular complexity index is 855. The van der Waals surface area contributed by atoms with Crippen LogP contribution in [0.2, 0.25) is 0 Å². The molecular formula is C18H19F2N3O2S. The molecule has 1 aromatic heterocycles. The zero-order chi connectivity index (χ0) is 19.1. The number of nitriles is 1. The topological polar surface area (TPSA) is 78.8 Å². The fourth-order valence-corrected chi connectivity index (χ4v) is 2.78. The minimum Gasteiger partial charge on any atom is -0.488 e. The van der Waals surface area contributed by atoms with Gasteiger partial charge >= 0.3 is 0 Å². The van der Waals surface area contributed by atoms with Crippen molar-refractivity contribution in [2.75, 3.05) is 12.9 Å². The molecule has 0 radical (unpaired) electrons. The van der Waals surface area contributed by atoms with Crippen molar-refractivity contribution in [3.05, 3.63) is 39.7 Å². The van der Waals surface area contributed by atoms with Crippen LogP contribution in [0.4, 0.5) is 8.78 Å². The number of rotatable bonds is 8. The second-order valence-corrected chi connectivity index (χ2v) is 6.38. The first-order valence-electron chi connectivity index (χ1n) is 8.22. The fourth-order valence-electron chi connectivity index (χ4n) is 2.40. The number of benzene rings is 1. The molecule has 8 heteroatoms. The summed E-state index contributed by atoms with van der Waals surface area (Å²) in [6, 6.07) is 3.78. The van der Waals surface area contributed by atoms with E-state index in [9.17, 15) is 18.8 Å². The zero-order valence-corrected chi connectivity index (χ0v) is 15.4. The van der Waals surface area contributed by atoms with E-state index in [1.54, 1.807) is 12.3 Å². The molecule has 0 saturated heterocycles. The zero-order valence-electron chi connectivity index (χ0n) is 14.6. The van der Waals surface area contributed by atoms with Crippen LogP contribution in [0.25, 0.3) is 11.3 Å². The minimum absolute atomic E-state index is 0.0104. The van der Waals surface area contributed by atoms with Gasteiger partial charge < -0.3 is 9.72 Å². The van der Waals surface area contributed by atoms with E-state index in [1.807, 2.05) is 0 Å². The summed E-state index contributed by atoms with van der Waals surface area (Å²) in [6.45, 7) is 2.29. The third kappa shape index (κ3) is 4.61. The number of aromatic nitrogens is 2. The lowest BCUT2D eigenvalue weighted by Crippen LogP contribution is -2.14. The van der Waals surface area contributed by atoms with Crippen LogP contribution in [0.1, 0.15) is 38.2 Å². The van der Waals surface area contributed by atoms with Crippen molar-refractivity contribution in [1.82, 2.24) is 9.97 Å². The molecule has 0 aliphatic heterocycles. The molecule has 0 fully saturated rings. The molecule has 1 aromatic carbocycles. The highest BCUT2D eigenvalue weighted by Crippen LogP contribution is 2.29. The van der Waals surface area contributed by atoms with Crippen LogP contribution in [0, 0.1) is 23.0 Å². The molecular weight excluding hydrogens is 360 g/mol. The van der Waals surface area contributed by atoms with Gasteiger partial charge in [0.1, 0.15) is 11.6 Å². The first-order chi connectivity index (χ1) is 12.5. The second kappa shape index (κ2) is 9.34. The number of H-pyrrole nitrogens is 1. The smallest absolute Gasteiger partial charge is 0.270 e. The van der Waals surface area contributed by atoms with Gasteiger partial charge in [-0.3, -0.25) is 4.79 Å². The molecule has 0 atom stereocenters. The molecule has 26 heavy (non-hydrogen) atoms. The van der Waals surface area contributed by atoms with E-state index in [1.165, 1.54) is 0 Å². The summed E-state index contributed by atoms with van der Waals surface area (Å²) in [7, 11) is 0. The Labute approximate surface area is 154 Å². The molecule has 0 aliphatic rings. The van der Waals surface area contributed by atoms with Crippen molar-refractivity contribution in [1.29, 1.82) is 5.26 Å². The van der Waals surface area contributed by atoms with Crippen LogP contribution in [0.3, 0.4) is 0 Å². The van der Waals surface area contributed by atoms with Gasteiger partial charge in [0.25, 0.3) is 5.56 Å². The van der Waals surface area contributed by atoms with Gasteiger partial charge in [-0.2, -0.15) is 5.26 Å². The molecule has 138 valence electrons. The Kier molecular flexibility index (Phi) is 7.16. The Morgan fingerprint density at radius 2 is 1.96 bits per heavy atom. The monoisotopic (exact) mass is 379 g/mol. The molecule has 5 nitrogen and oxygen atoms in total. The maximum atomic E-state index is 14.3.